The second kappa shape index (κ2) is 10.5. The summed E-state index contributed by atoms with van der Waals surface area (Å²) in [5.74, 6) is -1.17. The fourth-order valence-corrected chi connectivity index (χ4v) is 4.75. The van der Waals surface area contributed by atoms with Crippen molar-refractivity contribution in [1.29, 1.82) is 0 Å². The predicted molar refractivity (Wildman–Crippen MR) is 123 cm³/mol. The summed E-state index contributed by atoms with van der Waals surface area (Å²) in [5.41, 5.74) is 2.68. The van der Waals surface area contributed by atoms with E-state index in [4.69, 9.17) is 4.74 Å². The summed E-state index contributed by atoms with van der Waals surface area (Å²) >= 11 is 1.13. The molecule has 31 heavy (non-hydrogen) atoms. The molecule has 0 spiro atoms. The molecule has 0 radical (unpaired) electrons. The van der Waals surface area contributed by atoms with Crippen molar-refractivity contribution in [3.05, 3.63) is 120 Å². The van der Waals surface area contributed by atoms with Gasteiger partial charge in [0.15, 0.2) is 5.37 Å². The van der Waals surface area contributed by atoms with Gasteiger partial charge in [0.05, 0.1) is 4.75 Å². The van der Waals surface area contributed by atoms with Gasteiger partial charge in [0.25, 0.3) is 0 Å². The van der Waals surface area contributed by atoms with Gasteiger partial charge in [0.2, 0.25) is 0 Å². The zero-order valence-electron chi connectivity index (χ0n) is 16.8. The van der Waals surface area contributed by atoms with Crippen LogP contribution in [-0.2, 0) is 14.3 Å². The third-order valence-electron chi connectivity index (χ3n) is 4.64. The second-order valence-corrected chi connectivity index (χ2v) is 7.97. The highest BCUT2D eigenvalue weighted by atomic mass is 32.2. The average Bonchev–Trinajstić information content (AvgIpc) is 2.82. The highest BCUT2D eigenvalue weighted by Crippen LogP contribution is 2.49. The summed E-state index contributed by atoms with van der Waals surface area (Å²) in [6, 6.07) is 29.0. The Morgan fingerprint density at radius 3 is 1.68 bits per heavy atom. The Morgan fingerprint density at radius 2 is 1.32 bits per heavy atom. The van der Waals surface area contributed by atoms with Gasteiger partial charge in [-0.15, -0.1) is 11.8 Å². The number of alkyl carbamates (subject to hydrolysis) is 1. The fourth-order valence-electron chi connectivity index (χ4n) is 3.32. The van der Waals surface area contributed by atoms with E-state index in [1.54, 1.807) is 0 Å². The van der Waals surface area contributed by atoms with Gasteiger partial charge in [-0.1, -0.05) is 104 Å². The van der Waals surface area contributed by atoms with Crippen molar-refractivity contribution in [3.63, 3.8) is 0 Å². The Hall–Kier alpha value is -3.51. The molecule has 6 heteroatoms. The van der Waals surface area contributed by atoms with Crippen molar-refractivity contribution in [2.75, 3.05) is 6.61 Å². The molecule has 0 heterocycles. The minimum atomic E-state index is -1.27. The van der Waals surface area contributed by atoms with Gasteiger partial charge in [-0.2, -0.15) is 0 Å². The first-order valence-electron chi connectivity index (χ1n) is 9.69. The van der Waals surface area contributed by atoms with E-state index in [1.165, 1.54) is 6.08 Å². The molecule has 0 saturated carbocycles. The predicted octanol–water partition coefficient (Wildman–Crippen LogP) is 5.03. The Labute approximate surface area is 185 Å². The third kappa shape index (κ3) is 5.16. The molecule has 0 fully saturated rings. The molecule has 158 valence electrons. The molecule has 2 N–H and O–H groups in total. The number of aliphatic carboxylic acids is 1. The Balaban J connectivity index is 2.16. The van der Waals surface area contributed by atoms with Gasteiger partial charge in [0, 0.05) is 0 Å². The molecular weight excluding hydrogens is 410 g/mol. The molecule has 0 aliphatic carbocycles. The first kappa shape index (κ1) is 22.2. The van der Waals surface area contributed by atoms with Crippen molar-refractivity contribution < 1.29 is 19.4 Å². The highest BCUT2D eigenvalue weighted by Gasteiger charge is 2.42. The van der Waals surface area contributed by atoms with Gasteiger partial charge in [0.1, 0.15) is 6.61 Å². The first-order chi connectivity index (χ1) is 15.1. The van der Waals surface area contributed by atoms with E-state index in [-0.39, 0.29) is 6.61 Å². The largest absolute Gasteiger partial charge is 0.479 e. The summed E-state index contributed by atoms with van der Waals surface area (Å²) in [4.78, 5) is 24.3. The van der Waals surface area contributed by atoms with Crippen LogP contribution in [0.25, 0.3) is 0 Å². The lowest BCUT2D eigenvalue weighted by Crippen LogP contribution is -2.42. The van der Waals surface area contributed by atoms with Gasteiger partial charge in [-0.25, -0.2) is 9.59 Å². The number of amides is 1. The number of nitrogens with one attached hydrogen (secondary N) is 1. The van der Waals surface area contributed by atoms with Crippen LogP contribution in [0.4, 0.5) is 4.79 Å². The van der Waals surface area contributed by atoms with E-state index >= 15 is 0 Å². The van der Waals surface area contributed by atoms with Crippen LogP contribution in [0.1, 0.15) is 16.7 Å². The highest BCUT2D eigenvalue weighted by molar-refractivity contribution is 8.01. The monoisotopic (exact) mass is 433 g/mol. The zero-order valence-corrected chi connectivity index (χ0v) is 17.6. The quantitative estimate of drug-likeness (QED) is 0.281. The second-order valence-electron chi connectivity index (χ2n) is 6.65. The van der Waals surface area contributed by atoms with E-state index in [1.807, 2.05) is 91.0 Å². The lowest BCUT2D eigenvalue weighted by molar-refractivity contribution is -0.136. The Kier molecular flexibility index (Phi) is 7.51. The molecule has 0 aliphatic heterocycles. The minimum absolute atomic E-state index is 0.00988. The molecule has 0 aromatic heterocycles. The van der Waals surface area contributed by atoms with Crippen molar-refractivity contribution in [3.8, 4) is 0 Å². The number of thioether (sulfide) groups is 1. The minimum Gasteiger partial charge on any atom is -0.479 e. The molecular formula is C25H23NO4S. The van der Waals surface area contributed by atoms with Gasteiger partial charge in [-0.3, -0.25) is 5.32 Å². The number of hydrogen-bond donors (Lipinski definition) is 2. The zero-order chi connectivity index (χ0) is 22.1. The number of rotatable bonds is 9. The van der Waals surface area contributed by atoms with Gasteiger partial charge >= 0.3 is 12.1 Å². The Morgan fingerprint density at radius 1 is 0.903 bits per heavy atom. The molecule has 3 rings (SSSR count). The van der Waals surface area contributed by atoms with E-state index in [9.17, 15) is 14.7 Å². The number of carboxylic acids is 1. The number of carbonyl (C=O) groups is 2. The molecule has 0 unspecified atom stereocenters. The number of ether oxygens (including phenoxy) is 1. The summed E-state index contributed by atoms with van der Waals surface area (Å²) in [5, 5.41) is 11.1. The SMILES string of the molecule is C=CCOC(=O)N[C@@H](SC(c1ccccc1)(c1ccccc1)c1ccccc1)C(=O)O. The molecule has 1 atom stereocenters. The summed E-state index contributed by atoms with van der Waals surface area (Å²) < 4.78 is 4.07. The van der Waals surface area contributed by atoms with Crippen LogP contribution in [-0.4, -0.2) is 29.1 Å². The maximum atomic E-state index is 12.2. The summed E-state index contributed by atoms with van der Waals surface area (Å²) in [7, 11) is 0. The van der Waals surface area contributed by atoms with Crippen LogP contribution in [0.2, 0.25) is 0 Å². The van der Waals surface area contributed by atoms with E-state index in [0.717, 1.165) is 28.5 Å². The molecule has 3 aromatic rings. The van der Waals surface area contributed by atoms with Crippen LogP contribution < -0.4 is 5.32 Å². The molecule has 1 amide bonds. The first-order valence-corrected chi connectivity index (χ1v) is 10.6. The number of benzene rings is 3. The maximum absolute atomic E-state index is 12.2. The molecule has 3 aromatic carbocycles. The van der Waals surface area contributed by atoms with Crippen LogP contribution in [0, 0.1) is 0 Å². The third-order valence-corrected chi connectivity index (χ3v) is 6.26. The Bertz CT molecular complexity index is 913. The van der Waals surface area contributed by atoms with Crippen molar-refractivity contribution in [1.82, 2.24) is 5.32 Å². The van der Waals surface area contributed by atoms with Crippen molar-refractivity contribution >= 4 is 23.8 Å². The number of carbonyl (C=O) groups excluding carboxylic acids is 1. The lowest BCUT2D eigenvalue weighted by Gasteiger charge is -2.37. The standard InChI is InChI=1S/C25H23NO4S/c1-2-18-30-24(29)26-22(23(27)28)31-25(19-12-6-3-7-13-19,20-14-8-4-9-15-20)21-16-10-5-11-17-21/h2-17,22H,1,18H2,(H,26,29)(H,27,28)/t22-/m0/s1. The lowest BCUT2D eigenvalue weighted by atomic mass is 9.84. The van der Waals surface area contributed by atoms with E-state index in [0.29, 0.717) is 0 Å². The summed E-state index contributed by atoms with van der Waals surface area (Å²) in [6.45, 7) is 3.49. The van der Waals surface area contributed by atoms with Crippen molar-refractivity contribution in [2.45, 2.75) is 10.1 Å². The van der Waals surface area contributed by atoms with E-state index < -0.39 is 22.2 Å². The smallest absolute Gasteiger partial charge is 0.408 e. The topological polar surface area (TPSA) is 75.6 Å². The van der Waals surface area contributed by atoms with Crippen LogP contribution in [0.3, 0.4) is 0 Å². The van der Waals surface area contributed by atoms with Crippen molar-refractivity contribution in [2.24, 2.45) is 0 Å². The average molecular weight is 434 g/mol. The van der Waals surface area contributed by atoms with Crippen LogP contribution in [0.15, 0.2) is 104 Å². The fraction of sp³-hybridized carbons (Fsp3) is 0.120. The molecule has 5 nitrogen and oxygen atoms in total. The normalized spacial score (nSPS) is 11.9. The van der Waals surface area contributed by atoms with Crippen LogP contribution in [0.5, 0.6) is 0 Å². The van der Waals surface area contributed by atoms with Gasteiger partial charge in [-0.05, 0) is 16.7 Å². The number of carboxylic acid groups (broad SMARTS) is 1. The van der Waals surface area contributed by atoms with E-state index in [2.05, 4.69) is 11.9 Å². The number of hydrogen-bond acceptors (Lipinski definition) is 4. The maximum Gasteiger partial charge on any atom is 0.408 e. The van der Waals surface area contributed by atoms with Gasteiger partial charge < -0.3 is 9.84 Å². The summed E-state index contributed by atoms with van der Waals surface area (Å²) in [6.07, 6.45) is 0.605. The van der Waals surface area contributed by atoms with Crippen LogP contribution >= 0.6 is 11.8 Å². The molecule has 0 aliphatic rings. The molecule has 0 bridgehead atoms. The molecule has 0 saturated heterocycles.